The number of nitrogens with zero attached hydrogens (tertiary/aromatic N) is 1. The Morgan fingerprint density at radius 1 is 1.39 bits per heavy atom. The SMILES string of the molecule is C=C/C=C\C(C)=C\C1NC(/C(C=C)=C/C(=C)C(=O)O)OON1C. The van der Waals surface area contributed by atoms with E-state index in [0.29, 0.717) is 5.57 Å². The van der Waals surface area contributed by atoms with Gasteiger partial charge in [0.1, 0.15) is 6.17 Å². The molecule has 6 nitrogen and oxygen atoms in total. The first-order chi connectivity index (χ1) is 10.9. The summed E-state index contributed by atoms with van der Waals surface area (Å²) < 4.78 is 0. The number of rotatable bonds is 7. The summed E-state index contributed by atoms with van der Waals surface area (Å²) in [5, 5.41) is 13.6. The zero-order valence-corrected chi connectivity index (χ0v) is 13.4. The van der Waals surface area contributed by atoms with Crippen molar-refractivity contribution in [1.82, 2.24) is 10.4 Å². The molecule has 0 spiro atoms. The Hall–Kier alpha value is -2.25. The molecular formula is C17H22N2O4. The Balaban J connectivity index is 2.93. The lowest BCUT2D eigenvalue weighted by atomic mass is 10.1. The molecule has 124 valence electrons. The minimum absolute atomic E-state index is 0.0681. The molecule has 0 aromatic rings. The van der Waals surface area contributed by atoms with Gasteiger partial charge >= 0.3 is 5.97 Å². The maximum absolute atomic E-state index is 10.9. The number of carboxylic acid groups (broad SMARTS) is 1. The van der Waals surface area contributed by atoms with Crippen LogP contribution in [-0.4, -0.2) is 35.6 Å². The molecule has 1 rings (SSSR count). The van der Waals surface area contributed by atoms with Crippen molar-refractivity contribution in [2.75, 3.05) is 7.05 Å². The van der Waals surface area contributed by atoms with Crippen molar-refractivity contribution >= 4 is 5.97 Å². The normalized spacial score (nSPS) is 23.7. The van der Waals surface area contributed by atoms with Gasteiger partial charge in [0.05, 0.1) is 5.57 Å². The van der Waals surface area contributed by atoms with Gasteiger partial charge in [0.15, 0.2) is 6.23 Å². The molecular weight excluding hydrogens is 296 g/mol. The van der Waals surface area contributed by atoms with Crippen molar-refractivity contribution in [2.45, 2.75) is 19.3 Å². The fourth-order valence-electron chi connectivity index (χ4n) is 1.78. The largest absolute Gasteiger partial charge is 0.478 e. The number of allylic oxidation sites excluding steroid dienone is 4. The second-order valence-corrected chi connectivity index (χ2v) is 4.89. The number of carboxylic acids is 1. The molecule has 0 saturated carbocycles. The van der Waals surface area contributed by atoms with Crippen LogP contribution in [0.5, 0.6) is 0 Å². The number of aliphatic carboxylic acids is 1. The monoisotopic (exact) mass is 318 g/mol. The zero-order valence-electron chi connectivity index (χ0n) is 13.4. The molecule has 2 unspecified atom stereocenters. The van der Waals surface area contributed by atoms with E-state index in [1.165, 1.54) is 17.2 Å². The summed E-state index contributed by atoms with van der Waals surface area (Å²) in [5.41, 5.74) is 1.43. The molecule has 1 saturated heterocycles. The maximum Gasteiger partial charge on any atom is 0.335 e. The molecule has 1 fully saturated rings. The van der Waals surface area contributed by atoms with Crippen LogP contribution in [0.3, 0.4) is 0 Å². The van der Waals surface area contributed by atoms with Gasteiger partial charge in [0.25, 0.3) is 0 Å². The Kier molecular flexibility index (Phi) is 7.37. The Labute approximate surface area is 136 Å². The molecule has 0 aromatic carbocycles. The maximum atomic E-state index is 10.9. The van der Waals surface area contributed by atoms with Crippen LogP contribution in [0.4, 0.5) is 0 Å². The molecule has 1 aliphatic heterocycles. The van der Waals surface area contributed by atoms with Crippen LogP contribution >= 0.6 is 0 Å². The highest BCUT2D eigenvalue weighted by molar-refractivity contribution is 5.89. The summed E-state index contributed by atoms with van der Waals surface area (Å²) in [6.07, 6.45) is 9.29. The summed E-state index contributed by atoms with van der Waals surface area (Å²) in [4.78, 5) is 21.2. The zero-order chi connectivity index (χ0) is 17.4. The topological polar surface area (TPSA) is 71.0 Å². The van der Waals surface area contributed by atoms with E-state index in [9.17, 15) is 4.79 Å². The number of hydroxylamine groups is 2. The number of hydrogen-bond acceptors (Lipinski definition) is 5. The van der Waals surface area contributed by atoms with Crippen molar-refractivity contribution in [3.63, 3.8) is 0 Å². The summed E-state index contributed by atoms with van der Waals surface area (Å²) in [7, 11) is 1.71. The van der Waals surface area contributed by atoms with E-state index in [2.05, 4.69) is 25.1 Å². The second kappa shape index (κ2) is 9.02. The highest BCUT2D eigenvalue weighted by Gasteiger charge is 2.28. The summed E-state index contributed by atoms with van der Waals surface area (Å²) >= 11 is 0. The molecule has 0 bridgehead atoms. The lowest BCUT2D eigenvalue weighted by Crippen LogP contribution is -2.54. The Bertz CT molecular complexity index is 575. The molecule has 0 amide bonds. The minimum atomic E-state index is -1.11. The second-order valence-electron chi connectivity index (χ2n) is 4.89. The highest BCUT2D eigenvalue weighted by Crippen LogP contribution is 2.17. The van der Waals surface area contributed by atoms with Gasteiger partial charge in [-0.05, 0) is 24.6 Å². The summed E-state index contributed by atoms with van der Waals surface area (Å²) in [6, 6.07) is 0. The minimum Gasteiger partial charge on any atom is -0.478 e. The smallest absolute Gasteiger partial charge is 0.335 e. The number of likely N-dealkylation sites (N-methyl/N-ethyl adjacent to an activating group) is 1. The first kappa shape index (κ1) is 18.8. The lowest BCUT2D eigenvalue weighted by Gasteiger charge is -2.35. The van der Waals surface area contributed by atoms with Crippen molar-refractivity contribution in [3.05, 3.63) is 72.9 Å². The predicted octanol–water partition coefficient (Wildman–Crippen LogP) is 2.48. The van der Waals surface area contributed by atoms with E-state index in [4.69, 9.17) is 15.0 Å². The van der Waals surface area contributed by atoms with Crippen molar-refractivity contribution in [1.29, 1.82) is 0 Å². The molecule has 1 heterocycles. The number of hydrogen-bond donors (Lipinski definition) is 2. The van der Waals surface area contributed by atoms with Crippen LogP contribution < -0.4 is 5.32 Å². The van der Waals surface area contributed by atoms with Gasteiger partial charge < -0.3 is 5.11 Å². The molecule has 2 N–H and O–H groups in total. The van der Waals surface area contributed by atoms with Crippen LogP contribution in [0, 0.1) is 0 Å². The van der Waals surface area contributed by atoms with E-state index < -0.39 is 12.2 Å². The molecule has 0 aliphatic carbocycles. The molecule has 0 aromatic heterocycles. The fourth-order valence-corrected chi connectivity index (χ4v) is 1.78. The molecule has 23 heavy (non-hydrogen) atoms. The van der Waals surface area contributed by atoms with Gasteiger partial charge in [-0.2, -0.15) is 4.89 Å². The molecule has 6 heteroatoms. The average molecular weight is 318 g/mol. The van der Waals surface area contributed by atoms with Crippen LogP contribution in [0.25, 0.3) is 0 Å². The Morgan fingerprint density at radius 3 is 2.65 bits per heavy atom. The van der Waals surface area contributed by atoms with Crippen LogP contribution in [0.2, 0.25) is 0 Å². The number of carbonyl (C=O) groups is 1. The molecule has 2 atom stereocenters. The van der Waals surface area contributed by atoms with Crippen LogP contribution in [0.15, 0.2) is 72.9 Å². The van der Waals surface area contributed by atoms with Gasteiger partial charge in [-0.3, -0.25) is 5.32 Å². The highest BCUT2D eigenvalue weighted by atomic mass is 17.3. The predicted molar refractivity (Wildman–Crippen MR) is 88.8 cm³/mol. The van der Waals surface area contributed by atoms with E-state index >= 15 is 0 Å². The van der Waals surface area contributed by atoms with Gasteiger partial charge in [0, 0.05) is 7.05 Å². The first-order valence-electron chi connectivity index (χ1n) is 6.95. The quantitative estimate of drug-likeness (QED) is 0.427. The van der Waals surface area contributed by atoms with Gasteiger partial charge in [-0.25, -0.2) is 4.79 Å². The van der Waals surface area contributed by atoms with Crippen LogP contribution in [0.1, 0.15) is 6.92 Å². The van der Waals surface area contributed by atoms with E-state index in [1.807, 2.05) is 25.2 Å². The van der Waals surface area contributed by atoms with Gasteiger partial charge in [-0.15, -0.1) is 10.1 Å². The first-order valence-corrected chi connectivity index (χ1v) is 6.95. The number of nitrogens with one attached hydrogen (secondary N) is 1. The van der Waals surface area contributed by atoms with E-state index in [-0.39, 0.29) is 11.7 Å². The summed E-state index contributed by atoms with van der Waals surface area (Å²) in [5.74, 6) is -1.11. The Morgan fingerprint density at radius 2 is 2.09 bits per heavy atom. The fraction of sp³-hybridized carbons (Fsp3) is 0.235. The molecule has 0 radical (unpaired) electrons. The van der Waals surface area contributed by atoms with Crippen LogP contribution in [-0.2, 0) is 14.7 Å². The van der Waals surface area contributed by atoms with Crippen molar-refractivity contribution in [3.8, 4) is 0 Å². The van der Waals surface area contributed by atoms with Crippen molar-refractivity contribution < 1.29 is 19.8 Å². The lowest BCUT2D eigenvalue weighted by molar-refractivity contribution is -0.471. The standard InChI is InChI=1S/C17H22N2O4/c1-6-8-9-12(3)10-15-18-16(22-23-19(15)5)14(7-2)11-13(4)17(20)21/h6-11,15-16,18H,1-2,4H2,3,5H3,(H,20,21)/b9-8-,12-10+,14-11+. The van der Waals surface area contributed by atoms with E-state index in [1.54, 1.807) is 13.1 Å². The summed E-state index contributed by atoms with van der Waals surface area (Å²) in [6.45, 7) is 12.7. The average Bonchev–Trinajstić information content (AvgIpc) is 2.52. The van der Waals surface area contributed by atoms with Gasteiger partial charge in [-0.1, -0.05) is 49.6 Å². The third kappa shape index (κ3) is 5.80. The molecule has 1 aliphatic rings. The van der Waals surface area contributed by atoms with Crippen molar-refractivity contribution in [2.24, 2.45) is 0 Å². The van der Waals surface area contributed by atoms with Gasteiger partial charge in [0.2, 0.25) is 0 Å². The third-order valence-electron chi connectivity index (χ3n) is 3.04. The van der Waals surface area contributed by atoms with E-state index in [0.717, 1.165) is 5.57 Å². The third-order valence-corrected chi connectivity index (χ3v) is 3.04.